The van der Waals surface area contributed by atoms with E-state index >= 15 is 0 Å². The molecular formula is C7H11N3O2S2. The second-order valence-electron chi connectivity index (χ2n) is 2.44. The molecule has 0 aromatic carbocycles. The predicted octanol–water partition coefficient (Wildman–Crippen LogP) is 1.39. The Morgan fingerprint density at radius 3 is 2.64 bits per heavy atom. The number of hydrogen-bond acceptors (Lipinski definition) is 5. The Morgan fingerprint density at radius 1 is 1.57 bits per heavy atom. The van der Waals surface area contributed by atoms with Crippen molar-refractivity contribution in [1.82, 2.24) is 14.3 Å². The number of nitrogens with one attached hydrogen (secondary N) is 1. The number of H-pyrrole nitrogens is 1. The van der Waals surface area contributed by atoms with Crippen molar-refractivity contribution in [3.8, 4) is 0 Å². The Morgan fingerprint density at radius 2 is 2.21 bits per heavy atom. The van der Waals surface area contributed by atoms with Gasteiger partial charge in [0, 0.05) is 36.4 Å². The molecule has 0 radical (unpaired) electrons. The van der Waals surface area contributed by atoms with Gasteiger partial charge in [0.15, 0.2) is 5.16 Å². The summed E-state index contributed by atoms with van der Waals surface area (Å²) in [6, 6.07) is 0. The SMILES string of the molecule is CCN(CC)C(=O)Sc1nsc(=O)[nH]1. The Bertz CT molecular complexity index is 356. The van der Waals surface area contributed by atoms with Gasteiger partial charge in [0.1, 0.15) is 0 Å². The number of aromatic amines is 1. The van der Waals surface area contributed by atoms with Gasteiger partial charge in [-0.3, -0.25) is 14.6 Å². The quantitative estimate of drug-likeness (QED) is 0.801. The average Bonchev–Trinajstić information content (AvgIpc) is 2.53. The monoisotopic (exact) mass is 233 g/mol. The fourth-order valence-electron chi connectivity index (χ4n) is 0.889. The van der Waals surface area contributed by atoms with Crippen LogP contribution in [0.2, 0.25) is 0 Å². The third-order valence-corrected chi connectivity index (χ3v) is 3.10. The molecule has 0 saturated heterocycles. The molecule has 0 atom stereocenters. The summed E-state index contributed by atoms with van der Waals surface area (Å²) in [4.78, 5) is 26.2. The highest BCUT2D eigenvalue weighted by Gasteiger charge is 2.13. The Hall–Kier alpha value is -0.820. The van der Waals surface area contributed by atoms with E-state index in [2.05, 4.69) is 9.36 Å². The van der Waals surface area contributed by atoms with Crippen molar-refractivity contribution in [2.75, 3.05) is 13.1 Å². The van der Waals surface area contributed by atoms with Crippen LogP contribution in [-0.2, 0) is 0 Å². The van der Waals surface area contributed by atoms with Gasteiger partial charge in [-0.2, -0.15) is 4.37 Å². The van der Waals surface area contributed by atoms with Crippen LogP contribution >= 0.6 is 23.3 Å². The van der Waals surface area contributed by atoms with Gasteiger partial charge in [-0.1, -0.05) is 0 Å². The molecule has 5 nitrogen and oxygen atoms in total. The molecule has 14 heavy (non-hydrogen) atoms. The molecule has 7 heteroatoms. The number of thioether (sulfide) groups is 1. The lowest BCUT2D eigenvalue weighted by Crippen LogP contribution is -2.26. The van der Waals surface area contributed by atoms with E-state index in [0.717, 1.165) is 23.3 Å². The minimum Gasteiger partial charge on any atom is -0.334 e. The van der Waals surface area contributed by atoms with E-state index in [0.29, 0.717) is 18.2 Å². The third-order valence-electron chi connectivity index (χ3n) is 1.63. The lowest BCUT2D eigenvalue weighted by Gasteiger charge is -2.16. The normalized spacial score (nSPS) is 10.1. The van der Waals surface area contributed by atoms with Crippen LogP contribution in [0.15, 0.2) is 9.95 Å². The molecule has 1 aromatic heterocycles. The molecule has 1 aromatic rings. The van der Waals surface area contributed by atoms with E-state index in [1.54, 1.807) is 4.90 Å². The van der Waals surface area contributed by atoms with E-state index in [4.69, 9.17) is 0 Å². The van der Waals surface area contributed by atoms with Crippen LogP contribution in [0.25, 0.3) is 0 Å². The first-order valence-corrected chi connectivity index (χ1v) is 5.79. The number of carbonyl (C=O) groups is 1. The van der Waals surface area contributed by atoms with Crippen LogP contribution < -0.4 is 4.87 Å². The summed E-state index contributed by atoms with van der Waals surface area (Å²) in [5, 5.41) is 0.286. The maximum Gasteiger partial charge on any atom is 0.324 e. The molecule has 0 unspecified atom stereocenters. The maximum atomic E-state index is 11.5. The molecule has 1 amide bonds. The molecule has 0 saturated carbocycles. The minimum absolute atomic E-state index is 0.0865. The van der Waals surface area contributed by atoms with Crippen LogP contribution in [0, 0.1) is 0 Å². The van der Waals surface area contributed by atoms with Crippen molar-refractivity contribution in [1.29, 1.82) is 0 Å². The van der Waals surface area contributed by atoms with Gasteiger partial charge in [0.05, 0.1) is 0 Å². The molecule has 0 aliphatic heterocycles. The smallest absolute Gasteiger partial charge is 0.324 e. The summed E-state index contributed by atoms with van der Waals surface area (Å²) in [5.41, 5.74) is 0. The van der Waals surface area contributed by atoms with Crippen LogP contribution in [0.1, 0.15) is 13.8 Å². The van der Waals surface area contributed by atoms with E-state index in [1.165, 1.54) is 0 Å². The molecule has 78 valence electrons. The first-order chi connectivity index (χ1) is 6.67. The number of aromatic nitrogens is 2. The first kappa shape index (κ1) is 11.3. The number of hydrogen-bond donors (Lipinski definition) is 1. The van der Waals surface area contributed by atoms with Crippen molar-refractivity contribution in [2.24, 2.45) is 0 Å². The molecule has 0 spiro atoms. The predicted molar refractivity (Wildman–Crippen MR) is 56.9 cm³/mol. The Labute approximate surface area is 89.7 Å². The maximum absolute atomic E-state index is 11.5. The number of rotatable bonds is 3. The van der Waals surface area contributed by atoms with E-state index in [-0.39, 0.29) is 10.1 Å². The molecule has 0 aliphatic carbocycles. The van der Waals surface area contributed by atoms with Crippen molar-refractivity contribution in [3.63, 3.8) is 0 Å². The van der Waals surface area contributed by atoms with Crippen LogP contribution in [0.4, 0.5) is 4.79 Å². The third kappa shape index (κ3) is 2.85. The van der Waals surface area contributed by atoms with Crippen molar-refractivity contribution >= 4 is 28.5 Å². The number of nitrogens with zero attached hydrogens (tertiary/aromatic N) is 2. The fourth-order valence-corrected chi connectivity index (χ4v) is 2.26. The Balaban J connectivity index is 2.60. The van der Waals surface area contributed by atoms with E-state index in [1.807, 2.05) is 13.8 Å². The van der Waals surface area contributed by atoms with Crippen LogP contribution in [0.3, 0.4) is 0 Å². The van der Waals surface area contributed by atoms with Gasteiger partial charge in [-0.05, 0) is 13.8 Å². The van der Waals surface area contributed by atoms with Gasteiger partial charge in [0.25, 0.3) is 5.24 Å². The topological polar surface area (TPSA) is 66.1 Å². The molecule has 0 aliphatic rings. The average molecular weight is 233 g/mol. The van der Waals surface area contributed by atoms with Crippen LogP contribution in [-0.4, -0.2) is 32.6 Å². The fraction of sp³-hybridized carbons (Fsp3) is 0.571. The van der Waals surface area contributed by atoms with Gasteiger partial charge < -0.3 is 4.90 Å². The van der Waals surface area contributed by atoms with Gasteiger partial charge in [0.2, 0.25) is 0 Å². The Kier molecular flexibility index (Phi) is 4.15. The van der Waals surface area contributed by atoms with Crippen molar-refractivity contribution in [3.05, 3.63) is 9.67 Å². The zero-order chi connectivity index (χ0) is 10.6. The van der Waals surface area contributed by atoms with Gasteiger partial charge in [-0.15, -0.1) is 0 Å². The molecule has 0 bridgehead atoms. The molecular weight excluding hydrogens is 222 g/mol. The van der Waals surface area contributed by atoms with Gasteiger partial charge in [-0.25, -0.2) is 0 Å². The summed E-state index contributed by atoms with van der Waals surface area (Å²) in [7, 11) is 0. The lowest BCUT2D eigenvalue weighted by atomic mass is 10.6. The molecule has 1 N–H and O–H groups in total. The summed E-state index contributed by atoms with van der Waals surface area (Å²) >= 11 is 1.77. The minimum atomic E-state index is -0.236. The lowest BCUT2D eigenvalue weighted by molar-refractivity contribution is 0.228. The van der Waals surface area contributed by atoms with Gasteiger partial charge >= 0.3 is 4.87 Å². The summed E-state index contributed by atoms with van der Waals surface area (Å²) < 4.78 is 3.80. The zero-order valence-electron chi connectivity index (χ0n) is 7.94. The molecule has 1 rings (SSSR count). The van der Waals surface area contributed by atoms with Crippen LogP contribution in [0.5, 0.6) is 0 Å². The van der Waals surface area contributed by atoms with E-state index < -0.39 is 0 Å². The summed E-state index contributed by atoms with van der Waals surface area (Å²) in [6.45, 7) is 5.14. The standard InChI is InChI=1S/C7H11N3O2S2/c1-3-10(4-2)7(12)13-5-8-6(11)14-9-5/h3-4H2,1-2H3,(H,8,9,11). The molecule has 1 heterocycles. The number of carbonyl (C=O) groups excluding carboxylic acids is 1. The highest BCUT2D eigenvalue weighted by Crippen LogP contribution is 2.16. The summed E-state index contributed by atoms with van der Waals surface area (Å²) in [5.74, 6) is 0. The molecule has 0 fully saturated rings. The van der Waals surface area contributed by atoms with Crippen molar-refractivity contribution < 1.29 is 4.79 Å². The van der Waals surface area contributed by atoms with E-state index in [9.17, 15) is 9.59 Å². The van der Waals surface area contributed by atoms with Crippen molar-refractivity contribution in [2.45, 2.75) is 19.0 Å². The largest absolute Gasteiger partial charge is 0.334 e. The highest BCUT2D eigenvalue weighted by molar-refractivity contribution is 8.13. The second-order valence-corrected chi connectivity index (χ2v) is 4.12. The second kappa shape index (κ2) is 5.16. The summed E-state index contributed by atoms with van der Waals surface area (Å²) in [6.07, 6.45) is 0. The zero-order valence-corrected chi connectivity index (χ0v) is 9.57. The highest BCUT2D eigenvalue weighted by atomic mass is 32.2. The number of amides is 1. The first-order valence-electron chi connectivity index (χ1n) is 4.20.